The molecule has 0 bridgehead atoms. The monoisotopic (exact) mass is 395 g/mol. The number of carbonyl (C=O) groups excluding carboxylic acids is 2. The van der Waals surface area contributed by atoms with E-state index in [1.165, 1.54) is 0 Å². The van der Waals surface area contributed by atoms with Gasteiger partial charge in [0.1, 0.15) is 5.69 Å². The van der Waals surface area contributed by atoms with Gasteiger partial charge in [0.05, 0.1) is 10.5 Å². The first-order valence-electron chi connectivity index (χ1n) is 8.08. The second-order valence-electron chi connectivity index (χ2n) is 5.95. The van der Waals surface area contributed by atoms with Gasteiger partial charge in [-0.25, -0.2) is 0 Å². The number of alkyl halides is 3. The number of ketones is 1. The minimum absolute atomic E-state index is 0.0916. The number of nitrogens with one attached hydrogen (secondary N) is 2. The molecule has 7 nitrogen and oxygen atoms in total. The zero-order valence-corrected chi connectivity index (χ0v) is 14.7. The lowest BCUT2D eigenvalue weighted by Crippen LogP contribution is -2.30. The van der Waals surface area contributed by atoms with E-state index in [-0.39, 0.29) is 24.3 Å². The van der Waals surface area contributed by atoms with Gasteiger partial charge in [0.2, 0.25) is 5.91 Å². The smallest absolute Gasteiger partial charge is 0.294 e. The van der Waals surface area contributed by atoms with E-state index in [9.17, 15) is 32.9 Å². The quantitative estimate of drug-likeness (QED) is 0.419. The third-order valence-corrected chi connectivity index (χ3v) is 3.81. The first kappa shape index (κ1) is 20.9. The highest BCUT2D eigenvalue weighted by atomic mass is 19.4. The molecule has 28 heavy (non-hydrogen) atoms. The molecule has 0 aliphatic rings. The number of hydrazine groups is 1. The van der Waals surface area contributed by atoms with Crippen LogP contribution in [-0.4, -0.2) is 16.6 Å². The van der Waals surface area contributed by atoms with Gasteiger partial charge in [0.15, 0.2) is 5.78 Å². The zero-order chi connectivity index (χ0) is 20.9. The number of amides is 1. The van der Waals surface area contributed by atoms with Crippen molar-refractivity contribution < 1.29 is 27.7 Å². The fourth-order valence-electron chi connectivity index (χ4n) is 2.28. The predicted octanol–water partition coefficient (Wildman–Crippen LogP) is 4.03. The Hall–Kier alpha value is -3.43. The molecule has 0 aliphatic heterocycles. The molecule has 0 radical (unpaired) electrons. The zero-order valence-electron chi connectivity index (χ0n) is 14.7. The molecular formula is C18H16F3N3O4. The summed E-state index contributed by atoms with van der Waals surface area (Å²) in [5, 5.41) is 11.0. The normalized spacial score (nSPS) is 11.0. The van der Waals surface area contributed by atoms with Crippen LogP contribution in [0.5, 0.6) is 0 Å². The number of nitro benzene ring substituents is 1. The number of nitro groups is 1. The van der Waals surface area contributed by atoms with Crippen LogP contribution in [0.2, 0.25) is 0 Å². The van der Waals surface area contributed by atoms with Gasteiger partial charge < -0.3 is 0 Å². The van der Waals surface area contributed by atoms with Crippen molar-refractivity contribution >= 4 is 23.1 Å². The van der Waals surface area contributed by atoms with Crippen molar-refractivity contribution in [3.05, 3.63) is 69.3 Å². The van der Waals surface area contributed by atoms with Crippen LogP contribution in [0.3, 0.4) is 0 Å². The van der Waals surface area contributed by atoms with Crippen molar-refractivity contribution in [3.63, 3.8) is 0 Å². The summed E-state index contributed by atoms with van der Waals surface area (Å²) >= 11 is 0. The van der Waals surface area contributed by atoms with Gasteiger partial charge in [0.25, 0.3) is 5.69 Å². The standard InChI is InChI=1S/C18H16F3N3O4/c1-11-2-4-12(5-3-11)16(25)8-9-17(26)23-22-14-7-6-13(18(19,20)21)10-15(14)24(27)28/h2-7,10,22H,8-9H2,1H3,(H,23,26). The number of aryl methyl sites for hydroxylation is 1. The summed E-state index contributed by atoms with van der Waals surface area (Å²) in [6.45, 7) is 1.87. The van der Waals surface area contributed by atoms with E-state index < -0.39 is 28.3 Å². The maximum atomic E-state index is 12.7. The number of nitrogens with zero attached hydrogens (tertiary/aromatic N) is 1. The summed E-state index contributed by atoms with van der Waals surface area (Å²) < 4.78 is 38.0. The highest BCUT2D eigenvalue weighted by molar-refractivity contribution is 5.98. The van der Waals surface area contributed by atoms with Gasteiger partial charge >= 0.3 is 6.18 Å². The molecule has 0 fully saturated rings. The van der Waals surface area contributed by atoms with Crippen molar-refractivity contribution in [2.24, 2.45) is 0 Å². The number of benzene rings is 2. The summed E-state index contributed by atoms with van der Waals surface area (Å²) in [6.07, 6.45) is -5.03. The minimum Gasteiger partial charge on any atom is -0.294 e. The lowest BCUT2D eigenvalue weighted by molar-refractivity contribution is -0.384. The minimum atomic E-state index is -4.73. The average Bonchev–Trinajstić information content (AvgIpc) is 2.64. The molecule has 10 heteroatoms. The van der Waals surface area contributed by atoms with E-state index >= 15 is 0 Å². The number of rotatable bonds is 7. The molecule has 2 N–H and O–H groups in total. The summed E-state index contributed by atoms with van der Waals surface area (Å²) in [4.78, 5) is 33.8. The highest BCUT2D eigenvalue weighted by Gasteiger charge is 2.33. The third kappa shape index (κ3) is 5.53. The third-order valence-electron chi connectivity index (χ3n) is 3.81. The number of hydrogen-bond donors (Lipinski definition) is 2. The van der Waals surface area contributed by atoms with Crippen LogP contribution in [0.1, 0.15) is 34.3 Å². The Balaban J connectivity index is 1.96. The van der Waals surface area contributed by atoms with Crippen LogP contribution in [0.4, 0.5) is 24.5 Å². The maximum absolute atomic E-state index is 12.7. The molecular weight excluding hydrogens is 379 g/mol. The Morgan fingerprint density at radius 2 is 1.71 bits per heavy atom. The SMILES string of the molecule is Cc1ccc(C(=O)CCC(=O)NNc2ccc(C(F)(F)F)cc2[N+](=O)[O-])cc1. The van der Waals surface area contributed by atoms with E-state index in [0.29, 0.717) is 17.7 Å². The number of hydrogen-bond acceptors (Lipinski definition) is 5. The van der Waals surface area contributed by atoms with Crippen molar-refractivity contribution in [2.45, 2.75) is 25.9 Å². The van der Waals surface area contributed by atoms with Crippen molar-refractivity contribution in [1.29, 1.82) is 0 Å². The van der Waals surface area contributed by atoms with E-state index in [1.54, 1.807) is 24.3 Å². The fraction of sp³-hybridized carbons (Fsp3) is 0.222. The van der Waals surface area contributed by atoms with Crippen LogP contribution in [0.25, 0.3) is 0 Å². The topological polar surface area (TPSA) is 101 Å². The lowest BCUT2D eigenvalue weighted by atomic mass is 10.1. The van der Waals surface area contributed by atoms with Gasteiger partial charge in [-0.3, -0.25) is 30.6 Å². The van der Waals surface area contributed by atoms with Gasteiger partial charge in [0, 0.05) is 24.5 Å². The molecule has 2 aromatic carbocycles. The van der Waals surface area contributed by atoms with Gasteiger partial charge in [-0.2, -0.15) is 13.2 Å². The maximum Gasteiger partial charge on any atom is 0.416 e. The predicted molar refractivity (Wildman–Crippen MR) is 94.6 cm³/mol. The second-order valence-corrected chi connectivity index (χ2v) is 5.95. The number of halogens is 3. The largest absolute Gasteiger partial charge is 0.416 e. The highest BCUT2D eigenvalue weighted by Crippen LogP contribution is 2.34. The fourth-order valence-corrected chi connectivity index (χ4v) is 2.28. The van der Waals surface area contributed by atoms with Crippen LogP contribution in [0.15, 0.2) is 42.5 Å². The summed E-state index contributed by atoms with van der Waals surface area (Å²) in [5.41, 5.74) is 3.47. The van der Waals surface area contributed by atoms with E-state index in [0.717, 1.165) is 11.6 Å². The number of anilines is 1. The number of carbonyl (C=O) groups is 2. The molecule has 0 saturated carbocycles. The van der Waals surface area contributed by atoms with Crippen molar-refractivity contribution in [2.75, 3.05) is 5.43 Å². The van der Waals surface area contributed by atoms with Gasteiger partial charge in [-0.1, -0.05) is 29.8 Å². The molecule has 0 unspecified atom stereocenters. The van der Waals surface area contributed by atoms with Gasteiger partial charge in [-0.15, -0.1) is 0 Å². The molecule has 2 aromatic rings. The molecule has 1 amide bonds. The molecule has 0 atom stereocenters. The molecule has 2 rings (SSSR count). The van der Waals surface area contributed by atoms with E-state index in [4.69, 9.17) is 0 Å². The van der Waals surface area contributed by atoms with Crippen molar-refractivity contribution in [1.82, 2.24) is 5.43 Å². The Morgan fingerprint density at radius 3 is 2.29 bits per heavy atom. The van der Waals surface area contributed by atoms with Gasteiger partial charge in [-0.05, 0) is 19.1 Å². The summed E-state index contributed by atoms with van der Waals surface area (Å²) in [6, 6.07) is 8.67. The first-order chi connectivity index (χ1) is 13.1. The molecule has 0 aromatic heterocycles. The average molecular weight is 395 g/mol. The Morgan fingerprint density at radius 1 is 1.07 bits per heavy atom. The Labute approximate surface area is 157 Å². The van der Waals surface area contributed by atoms with Crippen LogP contribution in [-0.2, 0) is 11.0 Å². The molecule has 0 heterocycles. The summed E-state index contributed by atoms with van der Waals surface area (Å²) in [7, 11) is 0. The molecule has 0 aliphatic carbocycles. The second kappa shape index (κ2) is 8.51. The van der Waals surface area contributed by atoms with Crippen LogP contribution < -0.4 is 10.9 Å². The van der Waals surface area contributed by atoms with Crippen LogP contribution in [0, 0.1) is 17.0 Å². The number of Topliss-reactive ketones (excluding diaryl/α,β-unsaturated/α-hetero) is 1. The summed E-state index contributed by atoms with van der Waals surface area (Å²) in [5.74, 6) is -0.898. The first-order valence-corrected chi connectivity index (χ1v) is 8.08. The van der Waals surface area contributed by atoms with E-state index in [2.05, 4.69) is 10.9 Å². The lowest BCUT2D eigenvalue weighted by Gasteiger charge is -2.11. The molecule has 148 valence electrons. The Bertz CT molecular complexity index is 896. The Kier molecular flexibility index (Phi) is 6.34. The van der Waals surface area contributed by atoms with Crippen LogP contribution >= 0.6 is 0 Å². The van der Waals surface area contributed by atoms with Crippen molar-refractivity contribution in [3.8, 4) is 0 Å². The molecule has 0 spiro atoms. The van der Waals surface area contributed by atoms with E-state index in [1.807, 2.05) is 6.92 Å². The molecule has 0 saturated heterocycles.